The standard InChI is InChI=1S/C17H24N4/c1-4-11-18-17-15-8-6-5-7-14(15)9-10-16(17)21-13(3)19-12(2)20-21/h5-8,16-18H,4,9-11H2,1-3H3. The van der Waals surface area contributed by atoms with Crippen LogP contribution >= 0.6 is 0 Å². The second-order valence-electron chi connectivity index (χ2n) is 5.89. The minimum absolute atomic E-state index is 0.328. The molecule has 4 nitrogen and oxygen atoms in total. The maximum Gasteiger partial charge on any atom is 0.147 e. The van der Waals surface area contributed by atoms with Crippen LogP contribution < -0.4 is 5.32 Å². The molecule has 1 aromatic heterocycles. The van der Waals surface area contributed by atoms with Crippen LogP contribution in [0.5, 0.6) is 0 Å². The van der Waals surface area contributed by atoms with Crippen molar-refractivity contribution in [3.63, 3.8) is 0 Å². The van der Waals surface area contributed by atoms with Crippen molar-refractivity contribution >= 4 is 0 Å². The molecule has 0 saturated carbocycles. The van der Waals surface area contributed by atoms with Crippen molar-refractivity contribution < 1.29 is 0 Å². The number of fused-ring (bicyclic) bond motifs is 1. The van der Waals surface area contributed by atoms with E-state index in [0.29, 0.717) is 12.1 Å². The van der Waals surface area contributed by atoms with Gasteiger partial charge in [-0.15, -0.1) is 0 Å². The van der Waals surface area contributed by atoms with E-state index in [4.69, 9.17) is 0 Å². The molecule has 0 radical (unpaired) electrons. The summed E-state index contributed by atoms with van der Waals surface area (Å²) in [6.45, 7) is 7.26. The van der Waals surface area contributed by atoms with Gasteiger partial charge in [-0.05, 0) is 50.8 Å². The molecule has 1 aliphatic rings. The maximum atomic E-state index is 4.63. The lowest BCUT2D eigenvalue weighted by Gasteiger charge is -2.34. The molecular formula is C17H24N4. The summed E-state index contributed by atoms with van der Waals surface area (Å²) in [6, 6.07) is 9.48. The normalized spacial score (nSPS) is 21.3. The molecule has 2 unspecified atom stereocenters. The first-order valence-electron chi connectivity index (χ1n) is 7.91. The number of hydrogen-bond donors (Lipinski definition) is 1. The summed E-state index contributed by atoms with van der Waals surface area (Å²) >= 11 is 0. The van der Waals surface area contributed by atoms with Gasteiger partial charge in [0.2, 0.25) is 0 Å². The molecule has 0 saturated heterocycles. The van der Waals surface area contributed by atoms with Gasteiger partial charge < -0.3 is 5.32 Å². The molecule has 0 fully saturated rings. The fourth-order valence-corrected chi connectivity index (χ4v) is 3.40. The van der Waals surface area contributed by atoms with Crippen molar-refractivity contribution in [2.24, 2.45) is 0 Å². The fraction of sp³-hybridized carbons (Fsp3) is 0.529. The molecule has 0 spiro atoms. The van der Waals surface area contributed by atoms with Gasteiger partial charge in [-0.25, -0.2) is 9.67 Å². The zero-order valence-electron chi connectivity index (χ0n) is 13.1. The summed E-state index contributed by atoms with van der Waals surface area (Å²) in [6.07, 6.45) is 3.37. The van der Waals surface area contributed by atoms with Crippen molar-refractivity contribution in [2.75, 3.05) is 6.54 Å². The Kier molecular flexibility index (Phi) is 4.06. The fourth-order valence-electron chi connectivity index (χ4n) is 3.40. The van der Waals surface area contributed by atoms with Crippen molar-refractivity contribution in [2.45, 2.75) is 52.1 Å². The number of nitrogens with one attached hydrogen (secondary N) is 1. The van der Waals surface area contributed by atoms with E-state index >= 15 is 0 Å². The Hall–Kier alpha value is -1.68. The molecule has 0 amide bonds. The Balaban J connectivity index is 1.98. The summed E-state index contributed by atoms with van der Waals surface area (Å²) in [7, 11) is 0. The number of benzene rings is 1. The van der Waals surface area contributed by atoms with Gasteiger partial charge in [0.05, 0.1) is 12.1 Å². The monoisotopic (exact) mass is 284 g/mol. The van der Waals surface area contributed by atoms with Gasteiger partial charge in [-0.3, -0.25) is 0 Å². The van der Waals surface area contributed by atoms with E-state index < -0.39 is 0 Å². The van der Waals surface area contributed by atoms with Crippen LogP contribution in [-0.2, 0) is 6.42 Å². The van der Waals surface area contributed by atoms with E-state index in [1.54, 1.807) is 0 Å². The zero-order chi connectivity index (χ0) is 14.8. The molecule has 3 rings (SSSR count). The van der Waals surface area contributed by atoms with E-state index in [1.807, 2.05) is 6.92 Å². The molecular weight excluding hydrogens is 260 g/mol. The van der Waals surface area contributed by atoms with Gasteiger partial charge in [-0.1, -0.05) is 31.2 Å². The lowest BCUT2D eigenvalue weighted by Crippen LogP contribution is -2.35. The van der Waals surface area contributed by atoms with Gasteiger partial charge in [0, 0.05) is 0 Å². The summed E-state index contributed by atoms with van der Waals surface area (Å²) in [5.74, 6) is 1.88. The van der Waals surface area contributed by atoms with Crippen LogP contribution in [0, 0.1) is 13.8 Å². The molecule has 2 aromatic rings. The third-order valence-corrected chi connectivity index (χ3v) is 4.32. The second-order valence-corrected chi connectivity index (χ2v) is 5.89. The quantitative estimate of drug-likeness (QED) is 0.938. The van der Waals surface area contributed by atoms with Crippen LogP contribution in [0.15, 0.2) is 24.3 Å². The predicted molar refractivity (Wildman–Crippen MR) is 84.3 cm³/mol. The Labute approximate surface area is 126 Å². The Morgan fingerprint density at radius 3 is 2.81 bits per heavy atom. The lowest BCUT2D eigenvalue weighted by molar-refractivity contribution is 0.291. The van der Waals surface area contributed by atoms with Gasteiger partial charge in [0.25, 0.3) is 0 Å². The number of hydrogen-bond acceptors (Lipinski definition) is 3. The van der Waals surface area contributed by atoms with Gasteiger partial charge >= 0.3 is 0 Å². The van der Waals surface area contributed by atoms with E-state index in [0.717, 1.165) is 37.5 Å². The van der Waals surface area contributed by atoms with Gasteiger partial charge in [0.1, 0.15) is 11.6 Å². The third-order valence-electron chi connectivity index (χ3n) is 4.32. The molecule has 1 N–H and O–H groups in total. The van der Waals surface area contributed by atoms with Gasteiger partial charge in [-0.2, -0.15) is 5.10 Å². The van der Waals surface area contributed by atoms with Crippen molar-refractivity contribution in [3.8, 4) is 0 Å². The summed E-state index contributed by atoms with van der Waals surface area (Å²) in [5, 5.41) is 8.35. The van der Waals surface area contributed by atoms with Crippen molar-refractivity contribution in [1.82, 2.24) is 20.1 Å². The highest BCUT2D eigenvalue weighted by atomic mass is 15.4. The number of aromatic nitrogens is 3. The molecule has 2 atom stereocenters. The molecule has 21 heavy (non-hydrogen) atoms. The van der Waals surface area contributed by atoms with Gasteiger partial charge in [0.15, 0.2) is 0 Å². The molecule has 1 heterocycles. The van der Waals surface area contributed by atoms with E-state index in [-0.39, 0.29) is 0 Å². The second kappa shape index (κ2) is 5.98. The maximum absolute atomic E-state index is 4.63. The largest absolute Gasteiger partial charge is 0.308 e. The highest BCUT2D eigenvalue weighted by Crippen LogP contribution is 2.37. The Morgan fingerprint density at radius 1 is 1.29 bits per heavy atom. The zero-order valence-corrected chi connectivity index (χ0v) is 13.1. The molecule has 112 valence electrons. The summed E-state index contributed by atoms with van der Waals surface area (Å²) in [5.41, 5.74) is 2.89. The summed E-state index contributed by atoms with van der Waals surface area (Å²) in [4.78, 5) is 4.48. The van der Waals surface area contributed by atoms with Crippen molar-refractivity contribution in [1.29, 1.82) is 0 Å². The Bertz CT molecular complexity index is 617. The van der Waals surface area contributed by atoms with Crippen LogP contribution in [-0.4, -0.2) is 21.3 Å². The lowest BCUT2D eigenvalue weighted by atomic mass is 9.84. The summed E-state index contributed by atoms with van der Waals surface area (Å²) < 4.78 is 2.12. The average molecular weight is 284 g/mol. The highest BCUT2D eigenvalue weighted by Gasteiger charge is 2.31. The highest BCUT2D eigenvalue weighted by molar-refractivity contribution is 5.33. The van der Waals surface area contributed by atoms with Crippen LogP contribution in [0.2, 0.25) is 0 Å². The van der Waals surface area contributed by atoms with E-state index in [2.05, 4.69) is 58.2 Å². The molecule has 0 bridgehead atoms. The minimum Gasteiger partial charge on any atom is -0.308 e. The van der Waals surface area contributed by atoms with Crippen LogP contribution in [0.1, 0.15) is 54.6 Å². The first kappa shape index (κ1) is 14.3. The first-order valence-corrected chi connectivity index (χ1v) is 7.91. The van der Waals surface area contributed by atoms with E-state index in [9.17, 15) is 0 Å². The average Bonchev–Trinajstić information content (AvgIpc) is 2.83. The number of nitrogens with zero attached hydrogens (tertiary/aromatic N) is 3. The number of rotatable bonds is 4. The predicted octanol–water partition coefficient (Wildman–Crippen LogP) is 3.12. The van der Waals surface area contributed by atoms with Crippen LogP contribution in [0.4, 0.5) is 0 Å². The minimum atomic E-state index is 0.328. The molecule has 1 aromatic carbocycles. The molecule has 4 heteroatoms. The topological polar surface area (TPSA) is 42.7 Å². The Morgan fingerprint density at radius 2 is 2.10 bits per heavy atom. The van der Waals surface area contributed by atoms with Crippen LogP contribution in [0.25, 0.3) is 0 Å². The molecule has 0 aliphatic heterocycles. The smallest absolute Gasteiger partial charge is 0.147 e. The molecule has 1 aliphatic carbocycles. The SMILES string of the molecule is CCCNC1c2ccccc2CCC1n1nc(C)nc1C. The number of aryl methyl sites for hydroxylation is 3. The van der Waals surface area contributed by atoms with Crippen LogP contribution in [0.3, 0.4) is 0 Å². The first-order chi connectivity index (χ1) is 10.2. The van der Waals surface area contributed by atoms with E-state index in [1.165, 1.54) is 11.1 Å². The van der Waals surface area contributed by atoms with Crippen molar-refractivity contribution in [3.05, 3.63) is 47.0 Å². The third kappa shape index (κ3) is 2.72.